The third-order valence-electron chi connectivity index (χ3n) is 3.23. The number of ether oxygens (including phenoxy) is 1. The normalized spacial score (nSPS) is 16.0. The summed E-state index contributed by atoms with van der Waals surface area (Å²) in [5.74, 6) is -1.22. The Hall–Kier alpha value is -1.67. The van der Waals surface area contributed by atoms with Crippen LogP contribution >= 0.6 is 0 Å². The summed E-state index contributed by atoms with van der Waals surface area (Å²) >= 11 is 0. The maximum Gasteiger partial charge on any atom is 0.329 e. The zero-order valence-corrected chi connectivity index (χ0v) is 12.5. The van der Waals surface area contributed by atoms with Crippen LogP contribution in [0.5, 0.6) is 0 Å². The second-order valence-electron chi connectivity index (χ2n) is 5.43. The van der Waals surface area contributed by atoms with Crippen molar-refractivity contribution in [1.29, 1.82) is 0 Å². The summed E-state index contributed by atoms with van der Waals surface area (Å²) in [5, 5.41) is 10.6. The van der Waals surface area contributed by atoms with Gasteiger partial charge in [-0.15, -0.1) is 0 Å². The number of carbonyl (C=O) groups excluding carboxylic acids is 2. The standard InChI is InChI=1S/C13H23N3O5/c1-15(2)7-10-3-5-16(6-4-10)13(20)14-11(17)8-21-9-12(18)19/h10H,3-9H2,1-2H3,(H,18,19)(H,14,17,20). The van der Waals surface area contributed by atoms with Crippen LogP contribution in [0.15, 0.2) is 0 Å². The van der Waals surface area contributed by atoms with Gasteiger partial charge in [-0.25, -0.2) is 9.59 Å². The molecule has 1 fully saturated rings. The molecule has 8 nitrogen and oxygen atoms in total. The monoisotopic (exact) mass is 301 g/mol. The van der Waals surface area contributed by atoms with E-state index in [1.807, 2.05) is 14.1 Å². The molecule has 3 amide bonds. The molecule has 8 heteroatoms. The Labute approximate surface area is 124 Å². The minimum absolute atomic E-state index is 0.435. The average molecular weight is 301 g/mol. The zero-order chi connectivity index (χ0) is 15.8. The molecule has 2 N–H and O–H groups in total. The fourth-order valence-corrected chi connectivity index (χ4v) is 2.30. The van der Waals surface area contributed by atoms with Crippen LogP contribution in [0.4, 0.5) is 4.79 Å². The number of carboxylic acid groups (broad SMARTS) is 1. The summed E-state index contributed by atoms with van der Waals surface area (Å²) in [7, 11) is 4.05. The lowest BCUT2D eigenvalue weighted by Gasteiger charge is -2.32. The summed E-state index contributed by atoms with van der Waals surface area (Å²) in [4.78, 5) is 37.2. The first-order valence-electron chi connectivity index (χ1n) is 6.91. The first-order chi connectivity index (χ1) is 9.88. The van der Waals surface area contributed by atoms with E-state index in [1.54, 1.807) is 4.90 Å². The molecule has 0 aliphatic carbocycles. The molecule has 1 saturated heterocycles. The van der Waals surface area contributed by atoms with Gasteiger partial charge in [0.25, 0.3) is 5.91 Å². The number of nitrogens with zero attached hydrogens (tertiary/aromatic N) is 2. The summed E-state index contributed by atoms with van der Waals surface area (Å²) < 4.78 is 4.62. The molecule has 1 aliphatic rings. The van der Waals surface area contributed by atoms with Crippen molar-refractivity contribution in [3.8, 4) is 0 Å². The van der Waals surface area contributed by atoms with Gasteiger partial charge >= 0.3 is 12.0 Å². The van der Waals surface area contributed by atoms with Gasteiger partial charge in [-0.3, -0.25) is 10.1 Å². The molecule has 0 radical (unpaired) electrons. The highest BCUT2D eigenvalue weighted by Gasteiger charge is 2.24. The predicted molar refractivity (Wildman–Crippen MR) is 74.8 cm³/mol. The first kappa shape index (κ1) is 17.4. The van der Waals surface area contributed by atoms with Crippen molar-refractivity contribution in [2.24, 2.45) is 5.92 Å². The van der Waals surface area contributed by atoms with E-state index in [2.05, 4.69) is 15.0 Å². The van der Waals surface area contributed by atoms with Gasteiger partial charge < -0.3 is 19.6 Å². The summed E-state index contributed by atoms with van der Waals surface area (Å²) in [6, 6.07) is -0.442. The van der Waals surface area contributed by atoms with Crippen molar-refractivity contribution in [1.82, 2.24) is 15.1 Å². The van der Waals surface area contributed by atoms with Crippen LogP contribution in [-0.4, -0.2) is 79.8 Å². The number of urea groups is 1. The minimum atomic E-state index is -1.16. The lowest BCUT2D eigenvalue weighted by molar-refractivity contribution is -0.143. The van der Waals surface area contributed by atoms with Crippen molar-refractivity contribution in [2.75, 3.05) is 46.9 Å². The van der Waals surface area contributed by atoms with E-state index >= 15 is 0 Å². The van der Waals surface area contributed by atoms with Gasteiger partial charge in [-0.1, -0.05) is 0 Å². The molecule has 0 aromatic rings. The number of likely N-dealkylation sites (tertiary alicyclic amines) is 1. The molecule has 120 valence electrons. The molecule has 0 saturated carbocycles. The zero-order valence-electron chi connectivity index (χ0n) is 12.5. The topological polar surface area (TPSA) is 99.2 Å². The molecular weight excluding hydrogens is 278 g/mol. The van der Waals surface area contributed by atoms with Gasteiger partial charge in [0.1, 0.15) is 13.2 Å². The minimum Gasteiger partial charge on any atom is -0.480 e. The summed E-state index contributed by atoms with van der Waals surface area (Å²) in [5.41, 5.74) is 0. The maximum absolute atomic E-state index is 11.8. The van der Waals surface area contributed by atoms with Crippen molar-refractivity contribution in [3.05, 3.63) is 0 Å². The predicted octanol–water partition coefficient (Wildman–Crippen LogP) is -0.403. The van der Waals surface area contributed by atoms with Gasteiger partial charge in [0, 0.05) is 19.6 Å². The van der Waals surface area contributed by atoms with Gasteiger partial charge in [0.15, 0.2) is 0 Å². The maximum atomic E-state index is 11.8. The Morgan fingerprint density at radius 1 is 1.24 bits per heavy atom. The molecule has 0 aromatic carbocycles. The number of hydrogen-bond donors (Lipinski definition) is 2. The molecule has 0 unspecified atom stereocenters. The van der Waals surface area contributed by atoms with Crippen LogP contribution < -0.4 is 5.32 Å². The fraction of sp³-hybridized carbons (Fsp3) is 0.769. The SMILES string of the molecule is CN(C)CC1CCN(C(=O)NC(=O)COCC(=O)O)CC1. The third-order valence-corrected chi connectivity index (χ3v) is 3.23. The number of amides is 3. The summed E-state index contributed by atoms with van der Waals surface area (Å²) in [6.07, 6.45) is 1.82. The molecular formula is C13H23N3O5. The lowest BCUT2D eigenvalue weighted by atomic mass is 9.97. The number of carbonyl (C=O) groups is 3. The van der Waals surface area contributed by atoms with Crippen molar-refractivity contribution >= 4 is 17.9 Å². The van der Waals surface area contributed by atoms with Gasteiger partial charge in [-0.2, -0.15) is 0 Å². The summed E-state index contributed by atoms with van der Waals surface area (Å²) in [6.45, 7) is 1.24. The second kappa shape index (κ2) is 8.58. The van der Waals surface area contributed by atoms with E-state index in [0.717, 1.165) is 19.4 Å². The Kier molecular flexibility index (Phi) is 7.10. The van der Waals surface area contributed by atoms with E-state index in [1.165, 1.54) is 0 Å². The van der Waals surface area contributed by atoms with Crippen molar-refractivity contribution in [3.63, 3.8) is 0 Å². The van der Waals surface area contributed by atoms with E-state index in [9.17, 15) is 14.4 Å². The Morgan fingerprint density at radius 2 is 1.86 bits per heavy atom. The van der Waals surface area contributed by atoms with Crippen LogP contribution in [0.2, 0.25) is 0 Å². The van der Waals surface area contributed by atoms with Crippen LogP contribution in [0.1, 0.15) is 12.8 Å². The average Bonchev–Trinajstić information content (AvgIpc) is 2.38. The number of nitrogens with one attached hydrogen (secondary N) is 1. The number of hydrogen-bond acceptors (Lipinski definition) is 5. The largest absolute Gasteiger partial charge is 0.480 e. The third kappa shape index (κ3) is 7.05. The van der Waals surface area contributed by atoms with Gasteiger partial charge in [0.2, 0.25) is 0 Å². The highest BCUT2D eigenvalue weighted by Crippen LogP contribution is 2.17. The fourth-order valence-electron chi connectivity index (χ4n) is 2.30. The van der Waals surface area contributed by atoms with Crippen molar-refractivity contribution < 1.29 is 24.2 Å². The Morgan fingerprint density at radius 3 is 2.38 bits per heavy atom. The van der Waals surface area contributed by atoms with E-state index in [0.29, 0.717) is 19.0 Å². The van der Waals surface area contributed by atoms with Crippen LogP contribution in [0, 0.1) is 5.92 Å². The first-order valence-corrected chi connectivity index (χ1v) is 6.91. The van der Waals surface area contributed by atoms with Crippen LogP contribution in [-0.2, 0) is 14.3 Å². The quantitative estimate of drug-likeness (QED) is 0.692. The van der Waals surface area contributed by atoms with E-state index in [4.69, 9.17) is 5.11 Å². The molecule has 1 heterocycles. The van der Waals surface area contributed by atoms with Crippen LogP contribution in [0.3, 0.4) is 0 Å². The highest BCUT2D eigenvalue weighted by atomic mass is 16.5. The lowest BCUT2D eigenvalue weighted by Crippen LogP contribution is -2.48. The van der Waals surface area contributed by atoms with Gasteiger partial charge in [-0.05, 0) is 32.9 Å². The number of aliphatic carboxylic acids is 1. The number of imide groups is 1. The molecule has 1 rings (SSSR count). The van der Waals surface area contributed by atoms with E-state index < -0.39 is 31.1 Å². The smallest absolute Gasteiger partial charge is 0.329 e. The number of carboxylic acids is 1. The molecule has 21 heavy (non-hydrogen) atoms. The van der Waals surface area contributed by atoms with Crippen molar-refractivity contribution in [2.45, 2.75) is 12.8 Å². The van der Waals surface area contributed by atoms with E-state index in [-0.39, 0.29) is 0 Å². The molecule has 0 aromatic heterocycles. The molecule has 1 aliphatic heterocycles. The van der Waals surface area contributed by atoms with Gasteiger partial charge in [0.05, 0.1) is 0 Å². The Bertz CT molecular complexity index is 378. The van der Waals surface area contributed by atoms with Crippen LogP contribution in [0.25, 0.3) is 0 Å². The molecule has 0 bridgehead atoms. The molecule has 0 atom stereocenters. The number of rotatable bonds is 6. The number of piperidine rings is 1. The second-order valence-corrected chi connectivity index (χ2v) is 5.43. The highest BCUT2D eigenvalue weighted by molar-refractivity contribution is 5.95. The molecule has 0 spiro atoms. The Balaban J connectivity index is 2.24.